The van der Waals surface area contributed by atoms with Gasteiger partial charge >= 0.3 is 12.6 Å². The third-order valence-corrected chi connectivity index (χ3v) is 2.03. The molecule has 0 saturated heterocycles. The molecule has 0 aliphatic heterocycles. The zero-order valence-corrected chi connectivity index (χ0v) is 9.53. The number of aliphatic carboxylic acids is 1. The van der Waals surface area contributed by atoms with Crippen molar-refractivity contribution < 1.29 is 32.6 Å². The van der Waals surface area contributed by atoms with Crippen LogP contribution in [0.1, 0.15) is 16.8 Å². The monoisotopic (exact) mass is 277 g/mol. The van der Waals surface area contributed by atoms with Crippen LogP contribution >= 0.6 is 0 Å². The van der Waals surface area contributed by atoms with Crippen LogP contribution in [-0.2, 0) is 4.79 Å². The largest absolute Gasteiger partial charge is 0.481 e. The number of carbonyl (C=O) groups is 2. The number of nitrogens with one attached hydrogen (secondary N) is 1. The van der Waals surface area contributed by atoms with Crippen LogP contribution in [0.3, 0.4) is 0 Å². The molecule has 0 aromatic heterocycles. The van der Waals surface area contributed by atoms with E-state index in [-0.39, 0.29) is 18.5 Å². The van der Waals surface area contributed by atoms with Crippen molar-refractivity contribution in [2.24, 2.45) is 0 Å². The van der Waals surface area contributed by atoms with Crippen LogP contribution in [0.25, 0.3) is 0 Å². The first-order valence-electron chi connectivity index (χ1n) is 5.14. The van der Waals surface area contributed by atoms with Crippen molar-refractivity contribution in [2.45, 2.75) is 13.0 Å². The average molecular weight is 277 g/mol. The van der Waals surface area contributed by atoms with E-state index in [1.165, 1.54) is 0 Å². The highest BCUT2D eigenvalue weighted by molar-refractivity contribution is 5.97. The molecule has 5 nitrogen and oxygen atoms in total. The number of amides is 1. The van der Waals surface area contributed by atoms with E-state index in [1.807, 2.05) is 0 Å². The van der Waals surface area contributed by atoms with E-state index in [0.29, 0.717) is 6.07 Å². The molecule has 0 heterocycles. The molecule has 0 aliphatic rings. The first-order valence-corrected chi connectivity index (χ1v) is 5.14. The number of alkyl halides is 2. The fraction of sp³-hybridized carbons (Fsp3) is 0.273. The molecule has 2 N–H and O–H groups in total. The molecule has 0 fully saturated rings. The van der Waals surface area contributed by atoms with E-state index >= 15 is 0 Å². The summed E-state index contributed by atoms with van der Waals surface area (Å²) >= 11 is 0. The summed E-state index contributed by atoms with van der Waals surface area (Å²) in [7, 11) is 0. The third-order valence-electron chi connectivity index (χ3n) is 2.03. The molecular formula is C11H10F3NO4. The number of carboxylic acids is 1. The smallest absolute Gasteiger partial charge is 0.387 e. The zero-order chi connectivity index (χ0) is 14.4. The second-order valence-electron chi connectivity index (χ2n) is 3.42. The van der Waals surface area contributed by atoms with Gasteiger partial charge in [0.15, 0.2) is 0 Å². The molecule has 8 heteroatoms. The van der Waals surface area contributed by atoms with E-state index in [1.54, 1.807) is 0 Å². The maximum absolute atomic E-state index is 12.9. The number of carbonyl (C=O) groups excluding carboxylic acids is 1. The molecule has 0 radical (unpaired) electrons. The highest BCUT2D eigenvalue weighted by Crippen LogP contribution is 2.21. The summed E-state index contributed by atoms with van der Waals surface area (Å²) in [5.41, 5.74) is -0.299. The van der Waals surface area contributed by atoms with Crippen molar-refractivity contribution in [2.75, 3.05) is 6.54 Å². The Morgan fingerprint density at radius 2 is 2.05 bits per heavy atom. The van der Waals surface area contributed by atoms with Crippen LogP contribution < -0.4 is 10.1 Å². The SMILES string of the molecule is O=C(O)CCNC(=O)c1ccc(F)cc1OC(F)F. The number of ether oxygens (including phenoxy) is 1. The number of hydrogen-bond acceptors (Lipinski definition) is 3. The van der Waals surface area contributed by atoms with Gasteiger partial charge in [0.25, 0.3) is 5.91 Å². The van der Waals surface area contributed by atoms with Gasteiger partial charge in [0.05, 0.1) is 12.0 Å². The zero-order valence-electron chi connectivity index (χ0n) is 9.53. The molecule has 1 amide bonds. The van der Waals surface area contributed by atoms with Gasteiger partial charge in [-0.05, 0) is 12.1 Å². The maximum Gasteiger partial charge on any atom is 0.387 e. The fourth-order valence-corrected chi connectivity index (χ4v) is 1.26. The molecule has 1 aromatic rings. The van der Waals surface area contributed by atoms with Crippen LogP contribution in [0.2, 0.25) is 0 Å². The van der Waals surface area contributed by atoms with E-state index < -0.39 is 30.1 Å². The maximum atomic E-state index is 12.9. The normalized spacial score (nSPS) is 10.3. The van der Waals surface area contributed by atoms with Gasteiger partial charge in [-0.2, -0.15) is 8.78 Å². The number of halogens is 3. The Labute approximate surface area is 106 Å². The number of benzene rings is 1. The number of rotatable bonds is 6. The molecule has 0 bridgehead atoms. The van der Waals surface area contributed by atoms with Gasteiger partial charge in [-0.3, -0.25) is 9.59 Å². The van der Waals surface area contributed by atoms with Crippen LogP contribution in [0.5, 0.6) is 5.75 Å². The lowest BCUT2D eigenvalue weighted by molar-refractivity contribution is -0.136. The summed E-state index contributed by atoms with van der Waals surface area (Å²) in [6.07, 6.45) is -0.321. The third kappa shape index (κ3) is 4.86. The van der Waals surface area contributed by atoms with Crippen molar-refractivity contribution in [1.29, 1.82) is 0 Å². The topological polar surface area (TPSA) is 75.6 Å². The van der Waals surface area contributed by atoms with Crippen LogP contribution in [0.15, 0.2) is 18.2 Å². The van der Waals surface area contributed by atoms with Crippen molar-refractivity contribution in [3.63, 3.8) is 0 Å². The predicted molar refractivity (Wildman–Crippen MR) is 57.6 cm³/mol. The average Bonchev–Trinajstić information content (AvgIpc) is 2.27. The summed E-state index contributed by atoms with van der Waals surface area (Å²) < 4.78 is 41.1. The van der Waals surface area contributed by atoms with Crippen molar-refractivity contribution in [3.05, 3.63) is 29.6 Å². The minimum atomic E-state index is -3.20. The minimum Gasteiger partial charge on any atom is -0.481 e. The molecule has 0 atom stereocenters. The van der Waals surface area contributed by atoms with Crippen molar-refractivity contribution in [1.82, 2.24) is 5.32 Å². The Bertz CT molecular complexity index is 479. The Morgan fingerprint density at radius 1 is 1.37 bits per heavy atom. The molecule has 0 spiro atoms. The highest BCUT2D eigenvalue weighted by atomic mass is 19.3. The minimum absolute atomic E-state index is 0.181. The fourth-order valence-electron chi connectivity index (χ4n) is 1.26. The molecule has 0 saturated carbocycles. The number of hydrogen-bond donors (Lipinski definition) is 2. The number of carboxylic acid groups (broad SMARTS) is 1. The van der Waals surface area contributed by atoms with Gasteiger partial charge in [0, 0.05) is 12.6 Å². The highest BCUT2D eigenvalue weighted by Gasteiger charge is 2.16. The van der Waals surface area contributed by atoms with Crippen molar-refractivity contribution >= 4 is 11.9 Å². The van der Waals surface area contributed by atoms with Gasteiger partial charge in [0.1, 0.15) is 11.6 Å². The van der Waals surface area contributed by atoms with Gasteiger partial charge in [-0.1, -0.05) is 0 Å². The summed E-state index contributed by atoms with van der Waals surface area (Å²) in [4.78, 5) is 21.8. The van der Waals surface area contributed by atoms with Crippen LogP contribution in [0.4, 0.5) is 13.2 Å². The molecule has 104 valence electrons. The molecule has 19 heavy (non-hydrogen) atoms. The van der Waals surface area contributed by atoms with Crippen LogP contribution in [-0.4, -0.2) is 30.1 Å². The van der Waals surface area contributed by atoms with E-state index in [2.05, 4.69) is 10.1 Å². The summed E-state index contributed by atoms with van der Waals surface area (Å²) in [6.45, 7) is -3.38. The van der Waals surface area contributed by atoms with E-state index in [4.69, 9.17) is 5.11 Å². The molecule has 1 rings (SSSR count). The lowest BCUT2D eigenvalue weighted by Gasteiger charge is -2.10. The second kappa shape index (κ2) is 6.62. The summed E-state index contributed by atoms with van der Waals surface area (Å²) in [6, 6.07) is 2.53. The standard InChI is InChI=1S/C11H10F3NO4/c12-6-1-2-7(8(5-6)19-11(13)14)10(18)15-4-3-9(16)17/h1-2,5,11H,3-4H2,(H,15,18)(H,16,17). The lowest BCUT2D eigenvalue weighted by atomic mass is 10.2. The van der Waals surface area contributed by atoms with Gasteiger partial charge < -0.3 is 15.2 Å². The Hall–Kier alpha value is -2.25. The summed E-state index contributed by atoms with van der Waals surface area (Å²) in [5.74, 6) is -3.39. The summed E-state index contributed by atoms with van der Waals surface area (Å²) in [5, 5.41) is 10.6. The van der Waals surface area contributed by atoms with E-state index in [0.717, 1.165) is 12.1 Å². The molecule has 1 aromatic carbocycles. The van der Waals surface area contributed by atoms with Crippen molar-refractivity contribution in [3.8, 4) is 5.75 Å². The lowest BCUT2D eigenvalue weighted by Crippen LogP contribution is -2.26. The van der Waals surface area contributed by atoms with Gasteiger partial charge in [-0.25, -0.2) is 4.39 Å². The first kappa shape index (κ1) is 14.8. The molecule has 0 aliphatic carbocycles. The van der Waals surface area contributed by atoms with Gasteiger partial charge in [0.2, 0.25) is 0 Å². The first-order chi connectivity index (χ1) is 8.90. The quantitative estimate of drug-likeness (QED) is 0.828. The Morgan fingerprint density at radius 3 is 2.63 bits per heavy atom. The van der Waals surface area contributed by atoms with E-state index in [9.17, 15) is 22.8 Å². The Kier molecular flexibility index (Phi) is 5.16. The second-order valence-corrected chi connectivity index (χ2v) is 3.42. The molecular weight excluding hydrogens is 267 g/mol. The van der Waals surface area contributed by atoms with Gasteiger partial charge in [-0.15, -0.1) is 0 Å². The van der Waals surface area contributed by atoms with Crippen LogP contribution in [0, 0.1) is 5.82 Å². The molecule has 0 unspecified atom stereocenters. The Balaban J connectivity index is 2.80. The predicted octanol–water partition coefficient (Wildman–Crippen LogP) is 1.63.